The minimum absolute atomic E-state index is 0.00318. The number of benzene rings is 1. The molecule has 12 nitrogen and oxygen atoms in total. The van der Waals surface area contributed by atoms with Gasteiger partial charge in [0.1, 0.15) is 12.1 Å². The average molecular weight is 653 g/mol. The quantitative estimate of drug-likeness (QED) is 0.258. The number of esters is 1. The van der Waals surface area contributed by atoms with Crippen LogP contribution in [-0.2, 0) is 38.3 Å². The zero-order chi connectivity index (χ0) is 33.9. The fraction of sp³-hybridized carbons (Fsp3) is 0.657. The SMILES string of the molecule is CCC[C@H](NC(=O)[C@@H]1C[C@]2(CC(c3cccc(C)c3)=NO2)CN1C(=O)[C@@H](CC(=O)O[C@H]1CCOC1)C(C)(C)C)C(=O)C(=O)NC1CC1. The van der Waals surface area contributed by atoms with Crippen molar-refractivity contribution in [1.29, 1.82) is 0 Å². The maximum absolute atomic E-state index is 14.5. The number of hydrogen-bond acceptors (Lipinski definition) is 9. The molecule has 2 saturated heterocycles. The molecule has 1 spiro atoms. The average Bonchev–Trinajstić information content (AvgIpc) is 3.37. The Bertz CT molecular complexity index is 1410. The van der Waals surface area contributed by atoms with Gasteiger partial charge in [0, 0.05) is 25.3 Å². The maximum Gasteiger partial charge on any atom is 0.306 e. The molecule has 3 amide bonds. The molecule has 0 radical (unpaired) electrons. The molecule has 0 aromatic heterocycles. The van der Waals surface area contributed by atoms with E-state index in [1.54, 1.807) is 0 Å². The van der Waals surface area contributed by atoms with E-state index in [1.165, 1.54) is 4.90 Å². The molecule has 3 aliphatic heterocycles. The number of nitrogens with one attached hydrogen (secondary N) is 2. The molecule has 256 valence electrons. The van der Waals surface area contributed by atoms with Crippen LogP contribution in [0.4, 0.5) is 0 Å². The molecular formula is C35H48N4O8. The first-order chi connectivity index (χ1) is 22.3. The van der Waals surface area contributed by atoms with E-state index in [0.29, 0.717) is 38.2 Å². The summed E-state index contributed by atoms with van der Waals surface area (Å²) in [7, 11) is 0. The van der Waals surface area contributed by atoms with Gasteiger partial charge >= 0.3 is 5.97 Å². The van der Waals surface area contributed by atoms with Crippen molar-refractivity contribution in [3.05, 3.63) is 35.4 Å². The van der Waals surface area contributed by atoms with Crippen molar-refractivity contribution < 1.29 is 38.3 Å². The number of carbonyl (C=O) groups is 5. The Morgan fingerprint density at radius 1 is 1.15 bits per heavy atom. The summed E-state index contributed by atoms with van der Waals surface area (Å²) in [5.74, 6) is -3.65. The zero-order valence-electron chi connectivity index (χ0n) is 28.1. The van der Waals surface area contributed by atoms with Crippen molar-refractivity contribution in [2.24, 2.45) is 16.5 Å². The van der Waals surface area contributed by atoms with Crippen molar-refractivity contribution in [3.63, 3.8) is 0 Å². The molecule has 5 atom stereocenters. The second-order valence-electron chi connectivity index (χ2n) is 14.6. The van der Waals surface area contributed by atoms with Gasteiger partial charge in [0.2, 0.25) is 17.6 Å². The van der Waals surface area contributed by atoms with E-state index in [1.807, 2.05) is 58.9 Å². The van der Waals surface area contributed by atoms with Crippen molar-refractivity contribution in [2.75, 3.05) is 19.8 Å². The molecule has 4 aliphatic rings. The normalized spacial score (nSPS) is 25.1. The van der Waals surface area contributed by atoms with Gasteiger partial charge < -0.3 is 29.8 Å². The minimum atomic E-state index is -1.04. The number of carbonyl (C=O) groups excluding carboxylic acids is 5. The predicted octanol–water partition coefficient (Wildman–Crippen LogP) is 2.98. The summed E-state index contributed by atoms with van der Waals surface area (Å²) in [6.07, 6.45) is 3.08. The van der Waals surface area contributed by atoms with E-state index in [2.05, 4.69) is 15.8 Å². The van der Waals surface area contributed by atoms with E-state index in [-0.39, 0.29) is 43.9 Å². The lowest BCUT2D eigenvalue weighted by atomic mass is 9.77. The molecule has 12 heteroatoms. The molecule has 5 rings (SSSR count). The standard InChI is InChI=1S/C35H48N4O8/c1-6-8-26(30(41)32(43)36-23-11-12-23)37-31(42)28-18-35(17-27(38-47-35)22-10-7-9-21(2)15-22)20-39(28)33(44)25(34(3,4)5)16-29(40)46-24-13-14-45-19-24/h7,9-10,15,23-26,28H,6,8,11-14,16-20H2,1-5H3,(H,36,43)(H,37,42)/t24-,25+,26-,28-,35+/m0/s1. The number of ketones is 1. The number of Topliss-reactive ketones (excluding diaryl/α,β-unsaturated/α-hetero) is 1. The first kappa shape index (κ1) is 34.5. The van der Waals surface area contributed by atoms with Crippen LogP contribution in [0.5, 0.6) is 0 Å². The summed E-state index contributed by atoms with van der Waals surface area (Å²) in [6.45, 7) is 10.4. The first-order valence-electron chi connectivity index (χ1n) is 16.8. The van der Waals surface area contributed by atoms with Crippen molar-refractivity contribution >= 4 is 35.2 Å². The Kier molecular flexibility index (Phi) is 10.4. The molecule has 0 bridgehead atoms. The van der Waals surface area contributed by atoms with E-state index in [4.69, 9.17) is 14.3 Å². The Morgan fingerprint density at radius 3 is 2.55 bits per heavy atom. The Morgan fingerprint density at radius 2 is 1.91 bits per heavy atom. The van der Waals surface area contributed by atoms with Crippen LogP contribution in [0.1, 0.15) is 90.2 Å². The summed E-state index contributed by atoms with van der Waals surface area (Å²) in [5.41, 5.74) is 1.05. The molecule has 1 aliphatic carbocycles. The van der Waals surface area contributed by atoms with Crippen LogP contribution in [-0.4, -0.2) is 89.7 Å². The topological polar surface area (TPSA) is 153 Å². The fourth-order valence-corrected chi connectivity index (χ4v) is 6.55. The van der Waals surface area contributed by atoms with Gasteiger partial charge in [-0.1, -0.05) is 69.1 Å². The Labute approximate surface area is 276 Å². The minimum Gasteiger partial charge on any atom is -0.460 e. The highest BCUT2D eigenvalue weighted by molar-refractivity contribution is 6.38. The van der Waals surface area contributed by atoms with Crippen LogP contribution in [0.3, 0.4) is 0 Å². The fourth-order valence-electron chi connectivity index (χ4n) is 6.55. The van der Waals surface area contributed by atoms with Crippen LogP contribution >= 0.6 is 0 Å². The number of aryl methyl sites for hydroxylation is 1. The molecule has 3 heterocycles. The molecule has 1 aromatic rings. The maximum atomic E-state index is 14.5. The highest BCUT2D eigenvalue weighted by Gasteiger charge is 2.55. The first-order valence-corrected chi connectivity index (χ1v) is 16.8. The molecule has 0 unspecified atom stereocenters. The molecule has 47 heavy (non-hydrogen) atoms. The number of nitrogens with zero attached hydrogens (tertiary/aromatic N) is 2. The number of likely N-dealkylation sites (tertiary alicyclic amines) is 1. The van der Waals surface area contributed by atoms with Crippen LogP contribution < -0.4 is 10.6 Å². The number of amides is 3. The van der Waals surface area contributed by atoms with Gasteiger partial charge in [-0.2, -0.15) is 0 Å². The molecule has 1 saturated carbocycles. The lowest BCUT2D eigenvalue weighted by Gasteiger charge is -2.35. The van der Waals surface area contributed by atoms with Crippen molar-refractivity contribution in [1.82, 2.24) is 15.5 Å². The third-order valence-electron chi connectivity index (χ3n) is 9.42. The third-order valence-corrected chi connectivity index (χ3v) is 9.42. The molecule has 2 N–H and O–H groups in total. The lowest BCUT2D eigenvalue weighted by Crippen LogP contribution is -2.54. The third kappa shape index (κ3) is 8.38. The largest absolute Gasteiger partial charge is 0.460 e. The van der Waals surface area contributed by atoms with Crippen LogP contribution in [0.25, 0.3) is 0 Å². The van der Waals surface area contributed by atoms with E-state index < -0.39 is 52.6 Å². The van der Waals surface area contributed by atoms with Gasteiger partial charge in [0.05, 0.1) is 43.9 Å². The van der Waals surface area contributed by atoms with E-state index in [9.17, 15) is 24.0 Å². The number of rotatable bonds is 12. The predicted molar refractivity (Wildman–Crippen MR) is 172 cm³/mol. The number of hydrogen-bond donors (Lipinski definition) is 2. The van der Waals surface area contributed by atoms with Gasteiger partial charge in [-0.25, -0.2) is 0 Å². The van der Waals surface area contributed by atoms with Gasteiger partial charge in [0.15, 0.2) is 5.60 Å². The van der Waals surface area contributed by atoms with Gasteiger partial charge in [-0.3, -0.25) is 24.0 Å². The Balaban J connectivity index is 1.38. The zero-order valence-corrected chi connectivity index (χ0v) is 28.1. The van der Waals surface area contributed by atoms with E-state index in [0.717, 1.165) is 24.0 Å². The number of ether oxygens (including phenoxy) is 2. The molecule has 3 fully saturated rings. The van der Waals surface area contributed by atoms with Crippen molar-refractivity contribution in [3.8, 4) is 0 Å². The highest BCUT2D eigenvalue weighted by atomic mass is 16.7. The smallest absolute Gasteiger partial charge is 0.306 e. The summed E-state index contributed by atoms with van der Waals surface area (Å²) < 4.78 is 10.9. The number of oxime groups is 1. The van der Waals surface area contributed by atoms with Gasteiger partial charge in [-0.05, 0) is 37.2 Å². The molecule has 1 aromatic carbocycles. The monoisotopic (exact) mass is 652 g/mol. The van der Waals surface area contributed by atoms with Crippen LogP contribution in [0.15, 0.2) is 29.4 Å². The highest BCUT2D eigenvalue weighted by Crippen LogP contribution is 2.41. The lowest BCUT2D eigenvalue weighted by molar-refractivity contribution is -0.156. The second kappa shape index (κ2) is 14.1. The Hall–Kier alpha value is -3.80. The van der Waals surface area contributed by atoms with Gasteiger partial charge in [-0.15, -0.1) is 0 Å². The summed E-state index contributed by atoms with van der Waals surface area (Å²) in [5, 5.41) is 9.91. The summed E-state index contributed by atoms with van der Waals surface area (Å²) >= 11 is 0. The van der Waals surface area contributed by atoms with Crippen LogP contribution in [0.2, 0.25) is 0 Å². The summed E-state index contributed by atoms with van der Waals surface area (Å²) in [4.78, 5) is 75.0. The van der Waals surface area contributed by atoms with Crippen LogP contribution in [0, 0.1) is 18.3 Å². The van der Waals surface area contributed by atoms with E-state index >= 15 is 0 Å². The van der Waals surface area contributed by atoms with Gasteiger partial charge in [0.25, 0.3) is 5.91 Å². The molecular weight excluding hydrogens is 604 g/mol. The second-order valence-corrected chi connectivity index (χ2v) is 14.6. The van der Waals surface area contributed by atoms with Crippen molar-refractivity contribution in [2.45, 2.75) is 116 Å². The summed E-state index contributed by atoms with van der Waals surface area (Å²) in [6, 6.07) is 5.82.